The first-order valence-corrected chi connectivity index (χ1v) is 6.27. The van der Waals surface area contributed by atoms with Gasteiger partial charge in [0.2, 0.25) is 0 Å². The molecule has 0 aromatic heterocycles. The van der Waals surface area contributed by atoms with Gasteiger partial charge in [0, 0.05) is 0 Å². The summed E-state index contributed by atoms with van der Waals surface area (Å²) in [6.45, 7) is 3.79. The molecule has 3 rings (SSSR count). The van der Waals surface area contributed by atoms with Gasteiger partial charge >= 0.3 is 0 Å². The SMILES string of the molecule is C=Cc1ccc([C@@H]2C[C@@H]3CCC=C[C@@H]32)cc1. The third kappa shape index (κ3) is 1.53. The summed E-state index contributed by atoms with van der Waals surface area (Å²) in [6, 6.07) is 8.92. The van der Waals surface area contributed by atoms with Gasteiger partial charge in [-0.1, -0.05) is 49.1 Å². The van der Waals surface area contributed by atoms with Crippen LogP contribution in [0.25, 0.3) is 6.08 Å². The second-order valence-corrected chi connectivity index (χ2v) is 5.06. The van der Waals surface area contributed by atoms with Gasteiger partial charge in [-0.25, -0.2) is 0 Å². The average molecular weight is 210 g/mol. The van der Waals surface area contributed by atoms with Crippen LogP contribution >= 0.6 is 0 Å². The summed E-state index contributed by atoms with van der Waals surface area (Å²) in [6.07, 6.45) is 10.8. The predicted molar refractivity (Wildman–Crippen MR) is 69.2 cm³/mol. The molecular weight excluding hydrogens is 192 g/mol. The van der Waals surface area contributed by atoms with Crippen LogP contribution in [0.15, 0.2) is 43.0 Å². The fourth-order valence-electron chi connectivity index (χ4n) is 3.18. The Morgan fingerprint density at radius 1 is 1.19 bits per heavy atom. The van der Waals surface area contributed by atoms with Crippen molar-refractivity contribution in [1.29, 1.82) is 0 Å². The maximum absolute atomic E-state index is 3.79. The van der Waals surface area contributed by atoms with E-state index in [2.05, 4.69) is 43.0 Å². The van der Waals surface area contributed by atoms with Gasteiger partial charge in [0.05, 0.1) is 0 Å². The third-order valence-electron chi connectivity index (χ3n) is 4.23. The zero-order valence-corrected chi connectivity index (χ0v) is 9.60. The molecule has 0 N–H and O–H groups in total. The van der Waals surface area contributed by atoms with Gasteiger partial charge < -0.3 is 0 Å². The Hall–Kier alpha value is -1.30. The standard InChI is InChI=1S/C16H18/c1-2-12-7-9-13(10-8-12)16-11-14-5-3-4-6-15(14)16/h2,4,6-10,14-16H,1,3,5,11H2/t14-,15-,16-/m0/s1. The zero-order chi connectivity index (χ0) is 11.0. The molecule has 0 bridgehead atoms. The molecule has 1 fully saturated rings. The topological polar surface area (TPSA) is 0 Å². The van der Waals surface area contributed by atoms with Crippen LogP contribution in [-0.2, 0) is 0 Å². The van der Waals surface area contributed by atoms with Gasteiger partial charge in [-0.3, -0.25) is 0 Å². The van der Waals surface area contributed by atoms with Crippen LogP contribution in [0.1, 0.15) is 36.3 Å². The Kier molecular flexibility index (Phi) is 2.43. The molecule has 0 nitrogen and oxygen atoms in total. The van der Waals surface area contributed by atoms with E-state index >= 15 is 0 Å². The first-order chi connectivity index (χ1) is 7.88. The molecule has 0 heteroatoms. The van der Waals surface area contributed by atoms with Gasteiger partial charge in [-0.15, -0.1) is 0 Å². The lowest BCUT2D eigenvalue weighted by Gasteiger charge is -2.45. The molecule has 0 unspecified atom stereocenters. The summed E-state index contributed by atoms with van der Waals surface area (Å²) in [7, 11) is 0. The van der Waals surface area contributed by atoms with Gasteiger partial charge in [-0.2, -0.15) is 0 Å². The second-order valence-electron chi connectivity index (χ2n) is 5.06. The van der Waals surface area contributed by atoms with Gasteiger partial charge in [0.25, 0.3) is 0 Å². The van der Waals surface area contributed by atoms with Gasteiger partial charge in [-0.05, 0) is 48.1 Å². The minimum atomic E-state index is 0.778. The van der Waals surface area contributed by atoms with Crippen molar-refractivity contribution < 1.29 is 0 Å². The van der Waals surface area contributed by atoms with Crippen molar-refractivity contribution >= 4 is 6.08 Å². The summed E-state index contributed by atoms with van der Waals surface area (Å²) < 4.78 is 0. The Labute approximate surface area is 97.7 Å². The lowest BCUT2D eigenvalue weighted by atomic mass is 9.59. The van der Waals surface area contributed by atoms with E-state index < -0.39 is 0 Å². The normalized spacial score (nSPS) is 31.6. The summed E-state index contributed by atoms with van der Waals surface area (Å²) >= 11 is 0. The number of hydrogen-bond acceptors (Lipinski definition) is 0. The van der Waals surface area contributed by atoms with Crippen molar-refractivity contribution in [3.8, 4) is 0 Å². The van der Waals surface area contributed by atoms with Crippen molar-refractivity contribution in [1.82, 2.24) is 0 Å². The Balaban J connectivity index is 1.80. The van der Waals surface area contributed by atoms with Crippen molar-refractivity contribution in [3.05, 3.63) is 54.1 Å². The van der Waals surface area contributed by atoms with E-state index in [1.54, 1.807) is 0 Å². The predicted octanol–water partition coefficient (Wildman–Crippen LogP) is 4.40. The molecule has 1 saturated carbocycles. The smallest absolute Gasteiger partial charge is 0.00935 e. The number of hydrogen-bond donors (Lipinski definition) is 0. The van der Waals surface area contributed by atoms with Crippen molar-refractivity contribution in [3.63, 3.8) is 0 Å². The molecule has 0 saturated heterocycles. The quantitative estimate of drug-likeness (QED) is 0.635. The van der Waals surface area contributed by atoms with Gasteiger partial charge in [0.1, 0.15) is 0 Å². The number of benzene rings is 1. The van der Waals surface area contributed by atoms with Crippen LogP contribution in [0.4, 0.5) is 0 Å². The highest BCUT2D eigenvalue weighted by Crippen LogP contribution is 2.51. The van der Waals surface area contributed by atoms with Crippen molar-refractivity contribution in [2.75, 3.05) is 0 Å². The van der Waals surface area contributed by atoms with Crippen LogP contribution in [0.2, 0.25) is 0 Å². The molecule has 0 amide bonds. The minimum absolute atomic E-state index is 0.778. The number of rotatable bonds is 2. The van der Waals surface area contributed by atoms with Crippen LogP contribution in [0, 0.1) is 11.8 Å². The van der Waals surface area contributed by atoms with Crippen molar-refractivity contribution in [2.45, 2.75) is 25.2 Å². The number of fused-ring (bicyclic) bond motifs is 1. The molecule has 0 aliphatic heterocycles. The van der Waals surface area contributed by atoms with Crippen LogP contribution in [0.3, 0.4) is 0 Å². The lowest BCUT2D eigenvalue weighted by molar-refractivity contribution is 0.159. The van der Waals surface area contributed by atoms with Gasteiger partial charge in [0.15, 0.2) is 0 Å². The molecule has 1 aromatic rings. The molecule has 82 valence electrons. The zero-order valence-electron chi connectivity index (χ0n) is 9.60. The average Bonchev–Trinajstić information content (AvgIpc) is 2.32. The molecule has 0 heterocycles. The Morgan fingerprint density at radius 2 is 2.00 bits per heavy atom. The highest BCUT2D eigenvalue weighted by Gasteiger charge is 2.40. The summed E-state index contributed by atoms with van der Waals surface area (Å²) in [5.74, 6) is 2.57. The molecule has 2 aliphatic carbocycles. The maximum atomic E-state index is 3.79. The fourth-order valence-corrected chi connectivity index (χ4v) is 3.18. The largest absolute Gasteiger partial charge is 0.0985 e. The Bertz CT molecular complexity index is 410. The molecule has 0 spiro atoms. The van der Waals surface area contributed by atoms with E-state index in [-0.39, 0.29) is 0 Å². The second kappa shape index (κ2) is 3.93. The van der Waals surface area contributed by atoms with Crippen molar-refractivity contribution in [2.24, 2.45) is 11.8 Å². The van der Waals surface area contributed by atoms with Crippen LogP contribution in [-0.4, -0.2) is 0 Å². The maximum Gasteiger partial charge on any atom is -0.00935 e. The Morgan fingerprint density at radius 3 is 2.69 bits per heavy atom. The first-order valence-electron chi connectivity index (χ1n) is 6.27. The highest BCUT2D eigenvalue weighted by atomic mass is 14.4. The highest BCUT2D eigenvalue weighted by molar-refractivity contribution is 5.47. The van der Waals surface area contributed by atoms with E-state index in [1.165, 1.54) is 30.4 Å². The lowest BCUT2D eigenvalue weighted by Crippen LogP contribution is -2.34. The van der Waals surface area contributed by atoms with E-state index in [4.69, 9.17) is 0 Å². The molecule has 2 aliphatic rings. The molecule has 0 radical (unpaired) electrons. The van der Waals surface area contributed by atoms with E-state index in [0.29, 0.717) is 0 Å². The summed E-state index contributed by atoms with van der Waals surface area (Å²) in [4.78, 5) is 0. The minimum Gasteiger partial charge on any atom is -0.0985 e. The van der Waals surface area contributed by atoms with E-state index in [1.807, 2.05) is 6.08 Å². The molecule has 16 heavy (non-hydrogen) atoms. The molecule has 3 atom stereocenters. The summed E-state index contributed by atoms with van der Waals surface area (Å²) in [5, 5.41) is 0. The fraction of sp³-hybridized carbons (Fsp3) is 0.375. The summed E-state index contributed by atoms with van der Waals surface area (Å²) in [5.41, 5.74) is 2.73. The first kappa shape index (κ1) is 9.89. The third-order valence-corrected chi connectivity index (χ3v) is 4.23. The van der Waals surface area contributed by atoms with E-state index in [9.17, 15) is 0 Å². The number of allylic oxidation sites excluding steroid dienone is 2. The monoisotopic (exact) mass is 210 g/mol. The van der Waals surface area contributed by atoms with Crippen LogP contribution in [0.5, 0.6) is 0 Å². The molecule has 1 aromatic carbocycles. The molecular formula is C16H18. The van der Waals surface area contributed by atoms with Crippen LogP contribution < -0.4 is 0 Å². The van der Waals surface area contributed by atoms with E-state index in [0.717, 1.165) is 17.8 Å².